The van der Waals surface area contributed by atoms with Crippen molar-refractivity contribution in [3.8, 4) is 11.4 Å². The number of hydrazine groups is 1. The number of carbonyl (C=O) groups excluding carboxylic acids is 1. The molecule has 0 saturated carbocycles. The highest BCUT2D eigenvalue weighted by molar-refractivity contribution is 5.97. The van der Waals surface area contributed by atoms with E-state index in [0.29, 0.717) is 37.8 Å². The number of carbonyl (C=O) groups is 1. The van der Waals surface area contributed by atoms with E-state index >= 15 is 0 Å². The van der Waals surface area contributed by atoms with Crippen molar-refractivity contribution in [2.24, 2.45) is 0 Å². The van der Waals surface area contributed by atoms with E-state index in [1.165, 1.54) is 11.2 Å². The summed E-state index contributed by atoms with van der Waals surface area (Å²) in [4.78, 5) is 27.6. The van der Waals surface area contributed by atoms with Gasteiger partial charge in [-0.25, -0.2) is 24.7 Å². The summed E-state index contributed by atoms with van der Waals surface area (Å²) in [6.45, 7) is 2.41. The molecule has 2 amide bonds. The summed E-state index contributed by atoms with van der Waals surface area (Å²) in [5, 5.41) is 1.83. The normalized spacial score (nSPS) is 14.4. The van der Waals surface area contributed by atoms with Crippen molar-refractivity contribution in [1.82, 2.24) is 25.4 Å². The molecular weight excluding hydrogens is 356 g/mol. The van der Waals surface area contributed by atoms with Gasteiger partial charge in [0.1, 0.15) is 6.33 Å². The Morgan fingerprint density at radius 3 is 2.36 bits per heavy atom. The molecule has 0 aliphatic carbocycles. The Bertz CT molecular complexity index is 916. The van der Waals surface area contributed by atoms with E-state index in [1.807, 2.05) is 65.7 Å². The number of aromatic nitrogens is 3. The van der Waals surface area contributed by atoms with E-state index in [4.69, 9.17) is 4.74 Å². The maximum absolute atomic E-state index is 13.1. The molecule has 1 aliphatic heterocycles. The van der Waals surface area contributed by atoms with E-state index in [2.05, 4.69) is 20.4 Å². The largest absolute Gasteiger partial charge is 0.379 e. The van der Waals surface area contributed by atoms with Gasteiger partial charge in [-0.3, -0.25) is 5.43 Å². The van der Waals surface area contributed by atoms with Crippen molar-refractivity contribution in [3.05, 3.63) is 67.0 Å². The molecule has 4 rings (SSSR count). The number of amides is 2. The molecule has 2 heterocycles. The number of morpholine rings is 1. The molecule has 0 unspecified atom stereocenters. The third-order valence-electron chi connectivity index (χ3n) is 4.27. The predicted octanol–water partition coefficient (Wildman–Crippen LogP) is 2.63. The van der Waals surface area contributed by atoms with Gasteiger partial charge in [0.05, 0.1) is 18.9 Å². The zero-order valence-corrected chi connectivity index (χ0v) is 15.2. The topological polar surface area (TPSA) is 83.5 Å². The molecular formula is C20H20N6O2. The van der Waals surface area contributed by atoms with Crippen molar-refractivity contribution in [2.75, 3.05) is 31.2 Å². The van der Waals surface area contributed by atoms with Crippen LogP contribution in [-0.2, 0) is 4.74 Å². The molecule has 1 fully saturated rings. The second kappa shape index (κ2) is 8.55. The Hall–Kier alpha value is -3.36. The van der Waals surface area contributed by atoms with E-state index in [9.17, 15) is 4.79 Å². The van der Waals surface area contributed by atoms with Gasteiger partial charge in [0.15, 0.2) is 5.82 Å². The van der Waals surface area contributed by atoms with Gasteiger partial charge in [-0.1, -0.05) is 48.5 Å². The van der Waals surface area contributed by atoms with Crippen LogP contribution in [0.25, 0.3) is 11.4 Å². The molecule has 1 aromatic heterocycles. The number of benzene rings is 2. The lowest BCUT2D eigenvalue weighted by Crippen LogP contribution is -2.52. The summed E-state index contributed by atoms with van der Waals surface area (Å²) in [5.41, 5.74) is 4.43. The fourth-order valence-corrected chi connectivity index (χ4v) is 2.88. The number of nitrogens with one attached hydrogen (secondary N) is 1. The Labute approximate surface area is 162 Å². The quantitative estimate of drug-likeness (QED) is 0.754. The SMILES string of the molecule is O=C(NN1CCOCC1)N(c1ccccc1)c1ncnc(-c2ccccc2)n1. The first-order chi connectivity index (χ1) is 13.8. The minimum Gasteiger partial charge on any atom is -0.379 e. The Morgan fingerprint density at radius 2 is 1.64 bits per heavy atom. The lowest BCUT2D eigenvalue weighted by Gasteiger charge is -2.30. The number of hydrogen-bond acceptors (Lipinski definition) is 6. The first-order valence-corrected chi connectivity index (χ1v) is 9.04. The number of rotatable bonds is 4. The molecule has 1 N–H and O–H groups in total. The first-order valence-electron chi connectivity index (χ1n) is 9.04. The van der Waals surface area contributed by atoms with Crippen LogP contribution in [0.4, 0.5) is 16.4 Å². The summed E-state index contributed by atoms with van der Waals surface area (Å²) in [7, 11) is 0. The number of nitrogens with zero attached hydrogens (tertiary/aromatic N) is 5. The number of urea groups is 1. The average molecular weight is 376 g/mol. The molecule has 0 atom stereocenters. The molecule has 0 bridgehead atoms. The maximum Gasteiger partial charge on any atom is 0.343 e. The minimum atomic E-state index is -0.335. The second-order valence-corrected chi connectivity index (χ2v) is 6.16. The van der Waals surface area contributed by atoms with Crippen molar-refractivity contribution in [2.45, 2.75) is 0 Å². The van der Waals surface area contributed by atoms with Crippen LogP contribution in [0.1, 0.15) is 0 Å². The van der Waals surface area contributed by atoms with Gasteiger partial charge in [-0.15, -0.1) is 0 Å². The van der Waals surface area contributed by atoms with Crippen LogP contribution < -0.4 is 10.3 Å². The van der Waals surface area contributed by atoms with E-state index in [1.54, 1.807) is 0 Å². The number of ether oxygens (including phenoxy) is 1. The fourth-order valence-electron chi connectivity index (χ4n) is 2.88. The van der Waals surface area contributed by atoms with Crippen molar-refractivity contribution in [1.29, 1.82) is 0 Å². The molecule has 8 heteroatoms. The van der Waals surface area contributed by atoms with Crippen LogP contribution in [0.2, 0.25) is 0 Å². The standard InChI is InChI=1S/C20H20N6O2/c27-20(24-25-11-13-28-14-12-25)26(17-9-5-2-6-10-17)19-22-15-21-18(23-19)16-7-3-1-4-8-16/h1-10,15H,11-14H2,(H,24,27). The minimum absolute atomic E-state index is 0.255. The monoisotopic (exact) mass is 376 g/mol. The van der Waals surface area contributed by atoms with Crippen LogP contribution in [0.15, 0.2) is 67.0 Å². The molecule has 1 aliphatic rings. The molecule has 28 heavy (non-hydrogen) atoms. The highest BCUT2D eigenvalue weighted by atomic mass is 16.5. The maximum atomic E-state index is 13.1. The van der Waals surface area contributed by atoms with Crippen LogP contribution in [0.5, 0.6) is 0 Å². The van der Waals surface area contributed by atoms with Gasteiger partial charge in [-0.2, -0.15) is 4.98 Å². The lowest BCUT2D eigenvalue weighted by molar-refractivity contribution is 0.0203. The van der Waals surface area contributed by atoms with Crippen molar-refractivity contribution in [3.63, 3.8) is 0 Å². The van der Waals surface area contributed by atoms with Gasteiger partial charge < -0.3 is 4.74 Å². The van der Waals surface area contributed by atoms with Crippen LogP contribution in [0, 0.1) is 0 Å². The van der Waals surface area contributed by atoms with Gasteiger partial charge in [-0.05, 0) is 12.1 Å². The summed E-state index contributed by atoms with van der Waals surface area (Å²) in [6.07, 6.45) is 1.42. The van der Waals surface area contributed by atoms with Crippen molar-refractivity contribution >= 4 is 17.7 Å². The summed E-state index contributed by atoms with van der Waals surface area (Å²) >= 11 is 0. The Balaban J connectivity index is 1.67. The van der Waals surface area contributed by atoms with E-state index in [0.717, 1.165) is 5.56 Å². The number of hydrogen-bond donors (Lipinski definition) is 1. The van der Waals surface area contributed by atoms with Gasteiger partial charge in [0.2, 0.25) is 5.95 Å². The second-order valence-electron chi connectivity index (χ2n) is 6.16. The Morgan fingerprint density at radius 1 is 0.964 bits per heavy atom. The highest BCUT2D eigenvalue weighted by Gasteiger charge is 2.24. The van der Waals surface area contributed by atoms with E-state index < -0.39 is 0 Å². The van der Waals surface area contributed by atoms with Crippen molar-refractivity contribution < 1.29 is 9.53 Å². The van der Waals surface area contributed by atoms with Gasteiger partial charge in [0.25, 0.3) is 0 Å². The van der Waals surface area contributed by atoms with Crippen LogP contribution >= 0.6 is 0 Å². The number of anilines is 2. The zero-order chi connectivity index (χ0) is 19.2. The highest BCUT2D eigenvalue weighted by Crippen LogP contribution is 2.23. The molecule has 0 radical (unpaired) electrons. The lowest BCUT2D eigenvalue weighted by atomic mass is 10.2. The van der Waals surface area contributed by atoms with Gasteiger partial charge >= 0.3 is 6.03 Å². The summed E-state index contributed by atoms with van der Waals surface area (Å²) in [5.74, 6) is 0.761. The summed E-state index contributed by atoms with van der Waals surface area (Å²) in [6, 6.07) is 18.6. The Kier molecular flexibility index (Phi) is 5.51. The fraction of sp³-hybridized carbons (Fsp3) is 0.200. The third-order valence-corrected chi connectivity index (χ3v) is 4.27. The van der Waals surface area contributed by atoms with E-state index in [-0.39, 0.29) is 12.0 Å². The molecule has 1 saturated heterocycles. The predicted molar refractivity (Wildman–Crippen MR) is 105 cm³/mol. The molecule has 2 aromatic carbocycles. The molecule has 8 nitrogen and oxygen atoms in total. The molecule has 142 valence electrons. The van der Waals surface area contributed by atoms with Crippen LogP contribution in [0.3, 0.4) is 0 Å². The molecule has 3 aromatic rings. The molecule has 0 spiro atoms. The summed E-state index contributed by atoms with van der Waals surface area (Å²) < 4.78 is 5.34. The van der Waals surface area contributed by atoms with Crippen LogP contribution in [-0.4, -0.2) is 52.3 Å². The van der Waals surface area contributed by atoms with Gasteiger partial charge in [0, 0.05) is 18.7 Å². The smallest absolute Gasteiger partial charge is 0.343 e. The first kappa shape index (κ1) is 18.0. The zero-order valence-electron chi connectivity index (χ0n) is 15.2. The number of para-hydroxylation sites is 1. The average Bonchev–Trinajstić information content (AvgIpc) is 2.76. The third kappa shape index (κ3) is 4.13.